The molecule has 1 amide bonds. The molecule has 0 aliphatic carbocycles. The van der Waals surface area contributed by atoms with E-state index in [1.165, 1.54) is 12.1 Å². The summed E-state index contributed by atoms with van der Waals surface area (Å²) < 4.78 is 41.7. The van der Waals surface area contributed by atoms with Gasteiger partial charge in [-0.15, -0.1) is 0 Å². The van der Waals surface area contributed by atoms with Crippen molar-refractivity contribution in [2.45, 2.75) is 19.6 Å². The van der Waals surface area contributed by atoms with Crippen LogP contribution in [0.2, 0.25) is 0 Å². The maximum absolute atomic E-state index is 13.6. The summed E-state index contributed by atoms with van der Waals surface area (Å²) in [5.74, 6) is -0.430. The summed E-state index contributed by atoms with van der Waals surface area (Å²) in [4.78, 5) is 14.4. The van der Waals surface area contributed by atoms with Gasteiger partial charge >= 0.3 is 6.18 Å². The Hall–Kier alpha value is -1.65. The van der Waals surface area contributed by atoms with Gasteiger partial charge in [0.2, 0.25) is 0 Å². The van der Waals surface area contributed by atoms with Gasteiger partial charge < -0.3 is 10.6 Å². The number of hydrogen-bond acceptors (Lipinski definition) is 3. The first-order valence-corrected chi connectivity index (χ1v) is 10.0. The Morgan fingerprint density at radius 2 is 1.89 bits per heavy atom. The van der Waals surface area contributed by atoms with Crippen LogP contribution < -0.4 is 10.6 Å². The maximum atomic E-state index is 13.6. The molecule has 1 aliphatic rings. The second kappa shape index (κ2) is 8.79. The van der Waals surface area contributed by atoms with Gasteiger partial charge in [-0.25, -0.2) is 0 Å². The Morgan fingerprint density at radius 1 is 1.18 bits per heavy atom. The van der Waals surface area contributed by atoms with E-state index < -0.39 is 17.6 Å². The number of carbonyl (C=O) groups excluding carboxylic acids is 1. The van der Waals surface area contributed by atoms with E-state index in [0.717, 1.165) is 28.3 Å². The molecule has 0 bridgehead atoms. The molecule has 0 atom stereocenters. The average molecular weight is 503 g/mol. The monoisotopic (exact) mass is 503 g/mol. The first kappa shape index (κ1) is 21.1. The Morgan fingerprint density at radius 3 is 2.54 bits per heavy atom. The normalized spacial score (nSPS) is 15.5. The lowest BCUT2D eigenvalue weighted by atomic mass is 10.0. The number of nitrogens with one attached hydrogen (secondary N) is 2. The molecule has 3 rings (SSSR count). The molecule has 2 aromatic carbocycles. The highest BCUT2D eigenvalue weighted by atomic mass is 127. The van der Waals surface area contributed by atoms with Gasteiger partial charge in [0.25, 0.3) is 5.91 Å². The van der Waals surface area contributed by atoms with E-state index in [2.05, 4.69) is 33.2 Å². The van der Waals surface area contributed by atoms with E-state index in [1.807, 2.05) is 17.9 Å². The van der Waals surface area contributed by atoms with Gasteiger partial charge in [-0.3, -0.25) is 9.69 Å². The second-order valence-electron chi connectivity index (χ2n) is 6.81. The number of amides is 1. The fourth-order valence-electron chi connectivity index (χ4n) is 3.10. The molecular formula is C20H21F3IN3O. The minimum atomic E-state index is -4.48. The van der Waals surface area contributed by atoms with E-state index in [4.69, 9.17) is 0 Å². The van der Waals surface area contributed by atoms with Gasteiger partial charge in [-0.1, -0.05) is 12.1 Å². The highest BCUT2D eigenvalue weighted by molar-refractivity contribution is 14.1. The lowest BCUT2D eigenvalue weighted by molar-refractivity contribution is -0.138. The van der Waals surface area contributed by atoms with Gasteiger partial charge in [0, 0.05) is 47.5 Å². The van der Waals surface area contributed by atoms with Crippen LogP contribution in [0.5, 0.6) is 0 Å². The summed E-state index contributed by atoms with van der Waals surface area (Å²) in [6.45, 7) is 5.12. The molecular weight excluding hydrogens is 482 g/mol. The number of anilines is 1. The van der Waals surface area contributed by atoms with Crippen LogP contribution in [0.1, 0.15) is 27.0 Å². The third-order valence-corrected chi connectivity index (χ3v) is 5.87. The number of carbonyl (C=O) groups is 1. The fraction of sp³-hybridized carbons (Fsp3) is 0.350. The van der Waals surface area contributed by atoms with Crippen LogP contribution >= 0.6 is 22.6 Å². The van der Waals surface area contributed by atoms with Gasteiger partial charge in [0.05, 0.1) is 5.56 Å². The summed E-state index contributed by atoms with van der Waals surface area (Å²) in [6.07, 6.45) is -4.48. The molecule has 0 radical (unpaired) electrons. The molecule has 0 aromatic heterocycles. The molecule has 0 saturated carbocycles. The predicted molar refractivity (Wildman–Crippen MR) is 111 cm³/mol. The van der Waals surface area contributed by atoms with Crippen molar-refractivity contribution in [3.05, 3.63) is 62.2 Å². The topological polar surface area (TPSA) is 44.4 Å². The molecule has 1 aliphatic heterocycles. The zero-order valence-corrected chi connectivity index (χ0v) is 17.5. The molecule has 2 N–H and O–H groups in total. The van der Waals surface area contributed by atoms with Crippen molar-refractivity contribution in [3.8, 4) is 0 Å². The summed E-state index contributed by atoms with van der Waals surface area (Å²) >= 11 is 2.12. The average Bonchev–Trinajstić information content (AvgIpc) is 2.65. The molecule has 1 saturated heterocycles. The van der Waals surface area contributed by atoms with Crippen LogP contribution in [-0.2, 0) is 12.7 Å². The van der Waals surface area contributed by atoms with Gasteiger partial charge in [0.15, 0.2) is 0 Å². The van der Waals surface area contributed by atoms with Gasteiger partial charge in [-0.05, 0) is 64.9 Å². The number of piperazine rings is 1. The zero-order valence-electron chi connectivity index (χ0n) is 15.4. The lowest BCUT2D eigenvalue weighted by Gasteiger charge is -2.28. The van der Waals surface area contributed by atoms with Crippen LogP contribution in [0.15, 0.2) is 36.4 Å². The number of benzene rings is 2. The van der Waals surface area contributed by atoms with Crippen LogP contribution in [0.4, 0.5) is 18.9 Å². The molecule has 8 heteroatoms. The second-order valence-corrected chi connectivity index (χ2v) is 7.98. The Kier molecular flexibility index (Phi) is 6.61. The summed E-state index contributed by atoms with van der Waals surface area (Å²) in [7, 11) is 0. The number of hydrogen-bond donors (Lipinski definition) is 2. The molecule has 0 unspecified atom stereocenters. The third kappa shape index (κ3) is 5.24. The number of alkyl halides is 3. The van der Waals surface area contributed by atoms with Crippen LogP contribution in [0.25, 0.3) is 0 Å². The predicted octanol–water partition coefficient (Wildman–Crippen LogP) is 4.28. The van der Waals surface area contributed by atoms with E-state index >= 15 is 0 Å². The summed E-state index contributed by atoms with van der Waals surface area (Å²) in [5.41, 5.74) is 1.10. The van der Waals surface area contributed by atoms with Crippen molar-refractivity contribution in [1.82, 2.24) is 10.2 Å². The SMILES string of the molecule is Cc1ccc(C(=O)Nc2ccc(CN3CCNCC3)c(C(F)(F)F)c2)cc1I. The molecule has 1 heterocycles. The molecule has 2 aromatic rings. The van der Waals surface area contributed by atoms with Crippen molar-refractivity contribution in [2.24, 2.45) is 0 Å². The van der Waals surface area contributed by atoms with Crippen LogP contribution in [0.3, 0.4) is 0 Å². The fourth-order valence-corrected chi connectivity index (χ4v) is 3.62. The van der Waals surface area contributed by atoms with Crippen molar-refractivity contribution >= 4 is 34.2 Å². The van der Waals surface area contributed by atoms with E-state index in [0.29, 0.717) is 18.7 Å². The number of rotatable bonds is 4. The van der Waals surface area contributed by atoms with Crippen molar-refractivity contribution in [3.63, 3.8) is 0 Å². The number of halogens is 4. The third-order valence-electron chi connectivity index (χ3n) is 4.71. The Balaban J connectivity index is 1.81. The number of aryl methyl sites for hydroxylation is 1. The van der Waals surface area contributed by atoms with Gasteiger partial charge in [0.1, 0.15) is 0 Å². The van der Waals surface area contributed by atoms with Crippen molar-refractivity contribution < 1.29 is 18.0 Å². The molecule has 28 heavy (non-hydrogen) atoms. The zero-order chi connectivity index (χ0) is 20.3. The quantitative estimate of drug-likeness (QED) is 0.613. The van der Waals surface area contributed by atoms with Gasteiger partial charge in [-0.2, -0.15) is 13.2 Å². The van der Waals surface area contributed by atoms with Crippen molar-refractivity contribution in [1.29, 1.82) is 0 Å². The lowest BCUT2D eigenvalue weighted by Crippen LogP contribution is -2.43. The largest absolute Gasteiger partial charge is 0.416 e. The molecule has 1 fully saturated rings. The summed E-state index contributed by atoms with van der Waals surface area (Å²) in [5, 5.41) is 5.77. The molecule has 4 nitrogen and oxygen atoms in total. The van der Waals surface area contributed by atoms with Crippen LogP contribution in [0, 0.1) is 10.5 Å². The number of nitrogens with zero attached hydrogens (tertiary/aromatic N) is 1. The molecule has 0 spiro atoms. The molecule has 150 valence electrons. The highest BCUT2D eigenvalue weighted by Crippen LogP contribution is 2.34. The van der Waals surface area contributed by atoms with Crippen molar-refractivity contribution in [2.75, 3.05) is 31.5 Å². The van der Waals surface area contributed by atoms with E-state index in [1.54, 1.807) is 12.1 Å². The Labute approximate surface area is 175 Å². The minimum Gasteiger partial charge on any atom is -0.322 e. The first-order valence-electron chi connectivity index (χ1n) is 8.95. The first-order chi connectivity index (χ1) is 13.2. The van der Waals surface area contributed by atoms with E-state index in [-0.39, 0.29) is 17.8 Å². The standard InChI is InChI=1S/C20H21F3IN3O/c1-13-2-3-14(10-18(13)24)19(28)26-16-5-4-15(17(11-16)20(21,22)23)12-27-8-6-25-7-9-27/h2-5,10-11,25H,6-9,12H2,1H3,(H,26,28). The Bertz CT molecular complexity index is 864. The van der Waals surface area contributed by atoms with E-state index in [9.17, 15) is 18.0 Å². The summed E-state index contributed by atoms with van der Waals surface area (Å²) in [6, 6.07) is 9.21. The smallest absolute Gasteiger partial charge is 0.322 e. The minimum absolute atomic E-state index is 0.136. The van der Waals surface area contributed by atoms with Crippen LogP contribution in [-0.4, -0.2) is 37.0 Å². The maximum Gasteiger partial charge on any atom is 0.416 e. The highest BCUT2D eigenvalue weighted by Gasteiger charge is 2.34.